The second-order valence-electron chi connectivity index (χ2n) is 5.02. The maximum atomic E-state index is 5.97. The van der Waals surface area contributed by atoms with E-state index in [0.717, 1.165) is 18.5 Å². The van der Waals surface area contributed by atoms with Gasteiger partial charge >= 0.3 is 0 Å². The summed E-state index contributed by atoms with van der Waals surface area (Å²) in [5.74, 6) is 0.671. The SMILES string of the molecule is CCCNC(c1cccnc1N)C1(C)CC1. The molecular formula is C13H21N3. The predicted octanol–water partition coefficient (Wildman–Crippen LogP) is 2.50. The first kappa shape index (κ1) is 11.4. The molecule has 0 radical (unpaired) electrons. The first-order chi connectivity index (χ1) is 7.67. The van der Waals surface area contributed by atoms with E-state index in [2.05, 4.69) is 30.2 Å². The van der Waals surface area contributed by atoms with Crippen molar-refractivity contribution in [1.29, 1.82) is 0 Å². The van der Waals surface area contributed by atoms with Gasteiger partial charge in [0.2, 0.25) is 0 Å². The van der Waals surface area contributed by atoms with Crippen LogP contribution in [0.15, 0.2) is 18.3 Å². The van der Waals surface area contributed by atoms with E-state index in [1.54, 1.807) is 6.20 Å². The number of pyridine rings is 1. The zero-order valence-corrected chi connectivity index (χ0v) is 10.2. The van der Waals surface area contributed by atoms with Crippen LogP contribution >= 0.6 is 0 Å². The summed E-state index contributed by atoms with van der Waals surface area (Å²) >= 11 is 0. The Kier molecular flexibility index (Phi) is 3.15. The Hall–Kier alpha value is -1.09. The molecule has 0 amide bonds. The van der Waals surface area contributed by atoms with E-state index in [-0.39, 0.29) is 0 Å². The van der Waals surface area contributed by atoms with Crippen LogP contribution in [0, 0.1) is 5.41 Å². The molecule has 2 rings (SSSR count). The molecule has 88 valence electrons. The van der Waals surface area contributed by atoms with Gasteiger partial charge in [-0.05, 0) is 37.3 Å². The summed E-state index contributed by atoms with van der Waals surface area (Å²) in [6, 6.07) is 4.43. The summed E-state index contributed by atoms with van der Waals surface area (Å²) in [4.78, 5) is 4.19. The lowest BCUT2D eigenvalue weighted by Crippen LogP contribution is -2.29. The summed E-state index contributed by atoms with van der Waals surface area (Å²) < 4.78 is 0. The van der Waals surface area contributed by atoms with Gasteiger partial charge in [0.05, 0.1) is 0 Å². The van der Waals surface area contributed by atoms with Crippen LogP contribution < -0.4 is 11.1 Å². The van der Waals surface area contributed by atoms with Crippen molar-refractivity contribution in [2.75, 3.05) is 12.3 Å². The van der Waals surface area contributed by atoms with E-state index in [0.29, 0.717) is 17.3 Å². The van der Waals surface area contributed by atoms with E-state index in [4.69, 9.17) is 5.73 Å². The standard InChI is InChI=1S/C13H21N3/c1-3-8-15-11(13(2)6-7-13)10-5-4-9-16-12(10)14/h4-5,9,11,15H,3,6-8H2,1-2H3,(H2,14,16). The lowest BCUT2D eigenvalue weighted by atomic mass is 9.92. The molecule has 1 aliphatic rings. The molecule has 0 bridgehead atoms. The number of anilines is 1. The van der Waals surface area contributed by atoms with Crippen molar-refractivity contribution >= 4 is 5.82 Å². The molecule has 16 heavy (non-hydrogen) atoms. The molecule has 3 nitrogen and oxygen atoms in total. The second-order valence-corrected chi connectivity index (χ2v) is 5.02. The van der Waals surface area contributed by atoms with Gasteiger partial charge in [-0.3, -0.25) is 0 Å². The third-order valence-electron chi connectivity index (χ3n) is 3.52. The summed E-state index contributed by atoms with van der Waals surface area (Å²) in [7, 11) is 0. The Morgan fingerprint density at radius 1 is 1.56 bits per heavy atom. The zero-order chi connectivity index (χ0) is 11.6. The topological polar surface area (TPSA) is 50.9 Å². The number of nitrogens with two attached hydrogens (primary N) is 1. The van der Waals surface area contributed by atoms with Crippen LogP contribution in [0.1, 0.15) is 44.7 Å². The Balaban J connectivity index is 2.21. The average molecular weight is 219 g/mol. The minimum absolute atomic E-state index is 0.362. The smallest absolute Gasteiger partial charge is 0.128 e. The Bertz CT molecular complexity index is 358. The van der Waals surface area contributed by atoms with Crippen molar-refractivity contribution in [3.05, 3.63) is 23.9 Å². The highest BCUT2D eigenvalue weighted by atomic mass is 15.0. The molecule has 1 aromatic heterocycles. The van der Waals surface area contributed by atoms with Gasteiger partial charge in [-0.25, -0.2) is 4.98 Å². The van der Waals surface area contributed by atoms with Gasteiger partial charge in [-0.1, -0.05) is 19.9 Å². The van der Waals surface area contributed by atoms with E-state index < -0.39 is 0 Å². The minimum atomic E-state index is 0.362. The van der Waals surface area contributed by atoms with Gasteiger partial charge < -0.3 is 11.1 Å². The summed E-state index contributed by atoms with van der Waals surface area (Å²) in [5.41, 5.74) is 7.51. The molecule has 0 aromatic carbocycles. The maximum Gasteiger partial charge on any atom is 0.128 e. The van der Waals surface area contributed by atoms with Crippen LogP contribution in [-0.4, -0.2) is 11.5 Å². The van der Waals surface area contributed by atoms with Crippen molar-refractivity contribution in [2.45, 2.75) is 39.2 Å². The Morgan fingerprint density at radius 2 is 2.31 bits per heavy atom. The van der Waals surface area contributed by atoms with E-state index in [1.807, 2.05) is 6.07 Å². The molecule has 3 heteroatoms. The van der Waals surface area contributed by atoms with Crippen LogP contribution in [0.4, 0.5) is 5.82 Å². The highest BCUT2D eigenvalue weighted by Gasteiger charge is 2.45. The quantitative estimate of drug-likeness (QED) is 0.800. The van der Waals surface area contributed by atoms with Crippen molar-refractivity contribution in [3.63, 3.8) is 0 Å². The molecule has 1 fully saturated rings. The van der Waals surface area contributed by atoms with E-state index in [9.17, 15) is 0 Å². The summed E-state index contributed by atoms with van der Waals surface area (Å²) in [6.45, 7) is 5.55. The van der Waals surface area contributed by atoms with Gasteiger partial charge in [0.1, 0.15) is 5.82 Å². The molecule has 1 heterocycles. The maximum absolute atomic E-state index is 5.97. The third-order valence-corrected chi connectivity index (χ3v) is 3.52. The number of hydrogen-bond acceptors (Lipinski definition) is 3. The van der Waals surface area contributed by atoms with Gasteiger partial charge in [-0.15, -0.1) is 0 Å². The lowest BCUT2D eigenvalue weighted by molar-refractivity contribution is 0.367. The highest BCUT2D eigenvalue weighted by Crippen LogP contribution is 2.54. The van der Waals surface area contributed by atoms with Crippen LogP contribution in [0.5, 0.6) is 0 Å². The summed E-state index contributed by atoms with van der Waals surface area (Å²) in [6.07, 6.45) is 5.46. The Labute approximate surface area is 97.5 Å². The fourth-order valence-corrected chi connectivity index (χ4v) is 2.18. The van der Waals surface area contributed by atoms with Gasteiger partial charge in [0.15, 0.2) is 0 Å². The van der Waals surface area contributed by atoms with Crippen LogP contribution in [0.3, 0.4) is 0 Å². The monoisotopic (exact) mass is 219 g/mol. The molecule has 0 spiro atoms. The fourth-order valence-electron chi connectivity index (χ4n) is 2.18. The number of aromatic nitrogens is 1. The van der Waals surface area contributed by atoms with Crippen molar-refractivity contribution < 1.29 is 0 Å². The Morgan fingerprint density at radius 3 is 2.88 bits per heavy atom. The fraction of sp³-hybridized carbons (Fsp3) is 0.615. The molecule has 1 unspecified atom stereocenters. The average Bonchev–Trinajstić information content (AvgIpc) is 3.00. The number of nitrogens with zero attached hydrogens (tertiary/aromatic N) is 1. The van der Waals surface area contributed by atoms with Gasteiger partial charge in [0.25, 0.3) is 0 Å². The minimum Gasteiger partial charge on any atom is -0.383 e. The first-order valence-corrected chi connectivity index (χ1v) is 6.11. The molecular weight excluding hydrogens is 198 g/mol. The van der Waals surface area contributed by atoms with Crippen LogP contribution in [0.25, 0.3) is 0 Å². The van der Waals surface area contributed by atoms with E-state index >= 15 is 0 Å². The number of nitrogens with one attached hydrogen (secondary N) is 1. The van der Waals surface area contributed by atoms with Gasteiger partial charge in [0, 0.05) is 17.8 Å². The molecule has 3 N–H and O–H groups in total. The largest absolute Gasteiger partial charge is 0.383 e. The van der Waals surface area contributed by atoms with Crippen LogP contribution in [-0.2, 0) is 0 Å². The summed E-state index contributed by atoms with van der Waals surface area (Å²) in [5, 5.41) is 3.61. The first-order valence-electron chi connectivity index (χ1n) is 6.11. The van der Waals surface area contributed by atoms with E-state index in [1.165, 1.54) is 12.8 Å². The number of hydrogen-bond donors (Lipinski definition) is 2. The lowest BCUT2D eigenvalue weighted by Gasteiger charge is -2.26. The van der Waals surface area contributed by atoms with Crippen LogP contribution in [0.2, 0.25) is 0 Å². The zero-order valence-electron chi connectivity index (χ0n) is 10.2. The molecule has 1 atom stereocenters. The molecule has 1 aliphatic carbocycles. The number of nitrogen functional groups attached to an aromatic ring is 1. The van der Waals surface area contributed by atoms with Crippen molar-refractivity contribution in [2.24, 2.45) is 5.41 Å². The second kappa shape index (κ2) is 4.42. The molecule has 1 aromatic rings. The number of rotatable bonds is 5. The third kappa shape index (κ3) is 2.19. The van der Waals surface area contributed by atoms with Gasteiger partial charge in [-0.2, -0.15) is 0 Å². The highest BCUT2D eigenvalue weighted by molar-refractivity contribution is 5.42. The van der Waals surface area contributed by atoms with Crippen molar-refractivity contribution in [3.8, 4) is 0 Å². The van der Waals surface area contributed by atoms with Crippen molar-refractivity contribution in [1.82, 2.24) is 10.3 Å². The molecule has 1 saturated carbocycles. The molecule has 0 aliphatic heterocycles. The molecule has 0 saturated heterocycles. The predicted molar refractivity (Wildman–Crippen MR) is 67.0 cm³/mol. The normalized spacial score (nSPS) is 19.4.